The predicted molar refractivity (Wildman–Crippen MR) is 128 cm³/mol. The molecule has 2 amide bonds. The van der Waals surface area contributed by atoms with Gasteiger partial charge in [-0.3, -0.25) is 14.7 Å². The Balaban J connectivity index is 1.39. The van der Waals surface area contributed by atoms with Gasteiger partial charge in [0.2, 0.25) is 5.91 Å². The second-order valence-electron chi connectivity index (χ2n) is 8.68. The van der Waals surface area contributed by atoms with Crippen LogP contribution in [0.4, 0.5) is 5.69 Å². The van der Waals surface area contributed by atoms with Gasteiger partial charge in [-0.1, -0.05) is 38.1 Å². The number of ether oxygens (including phenoxy) is 1. The van der Waals surface area contributed by atoms with Gasteiger partial charge in [0.05, 0.1) is 7.11 Å². The minimum absolute atomic E-state index is 0.0534. The molecule has 0 radical (unpaired) electrons. The highest BCUT2D eigenvalue weighted by atomic mass is 16.5. The lowest BCUT2D eigenvalue weighted by Gasteiger charge is -2.28. The van der Waals surface area contributed by atoms with Crippen LogP contribution >= 0.6 is 0 Å². The molecule has 0 aliphatic carbocycles. The number of aryl methyl sites for hydroxylation is 1. The molecule has 0 saturated carbocycles. The molecule has 1 aliphatic heterocycles. The summed E-state index contributed by atoms with van der Waals surface area (Å²) in [5, 5.41) is 10.1. The summed E-state index contributed by atoms with van der Waals surface area (Å²) in [4.78, 5) is 27.3. The summed E-state index contributed by atoms with van der Waals surface area (Å²) >= 11 is 0. The molecule has 3 aromatic rings. The average molecular weight is 447 g/mol. The first-order valence-electron chi connectivity index (χ1n) is 11.3. The molecule has 1 aromatic heterocycles. The molecule has 172 valence electrons. The average Bonchev–Trinajstić information content (AvgIpc) is 3.33. The van der Waals surface area contributed by atoms with Gasteiger partial charge in [0, 0.05) is 30.9 Å². The second kappa shape index (κ2) is 9.90. The zero-order valence-corrected chi connectivity index (χ0v) is 19.4. The van der Waals surface area contributed by atoms with Crippen molar-refractivity contribution in [1.82, 2.24) is 15.1 Å². The van der Waals surface area contributed by atoms with Crippen LogP contribution in [0.25, 0.3) is 0 Å². The summed E-state index contributed by atoms with van der Waals surface area (Å²) in [6.45, 7) is 5.28. The van der Waals surface area contributed by atoms with E-state index in [1.165, 1.54) is 5.56 Å². The third kappa shape index (κ3) is 5.25. The highest BCUT2D eigenvalue weighted by molar-refractivity contribution is 5.93. The molecule has 0 saturated heterocycles. The quantitative estimate of drug-likeness (QED) is 0.566. The molecule has 7 heteroatoms. The van der Waals surface area contributed by atoms with Crippen molar-refractivity contribution in [2.75, 3.05) is 19.0 Å². The molecule has 4 rings (SSSR count). The van der Waals surface area contributed by atoms with Crippen LogP contribution in [-0.4, -0.2) is 40.6 Å². The first kappa shape index (κ1) is 22.6. The van der Waals surface area contributed by atoms with E-state index in [9.17, 15) is 9.59 Å². The normalized spacial score (nSPS) is 13.0. The molecular weight excluding hydrogens is 416 g/mol. The third-order valence-corrected chi connectivity index (χ3v) is 6.04. The van der Waals surface area contributed by atoms with Crippen molar-refractivity contribution in [3.8, 4) is 5.75 Å². The van der Waals surface area contributed by atoms with Crippen LogP contribution in [0, 0.1) is 0 Å². The number of rotatable bonds is 7. The second-order valence-corrected chi connectivity index (χ2v) is 8.68. The summed E-state index contributed by atoms with van der Waals surface area (Å²) in [7, 11) is 1.63. The lowest BCUT2D eigenvalue weighted by molar-refractivity contribution is -0.116. The van der Waals surface area contributed by atoms with Crippen molar-refractivity contribution in [3.63, 3.8) is 0 Å². The van der Waals surface area contributed by atoms with Gasteiger partial charge in [-0.15, -0.1) is 0 Å². The number of nitrogens with zero attached hydrogens (tertiary/aromatic N) is 2. The number of carbonyl (C=O) groups excluding carboxylic acids is 2. The highest BCUT2D eigenvalue weighted by Gasteiger charge is 2.24. The molecule has 0 unspecified atom stereocenters. The Morgan fingerprint density at radius 2 is 1.97 bits per heavy atom. The number of nitrogens with one attached hydrogen (secondary N) is 2. The number of methoxy groups -OCH3 is 1. The Bertz CT molecular complexity index is 1150. The largest absolute Gasteiger partial charge is 0.496 e. The van der Waals surface area contributed by atoms with E-state index in [1.54, 1.807) is 7.11 Å². The van der Waals surface area contributed by atoms with Gasteiger partial charge >= 0.3 is 0 Å². The molecule has 0 spiro atoms. The monoisotopic (exact) mass is 446 g/mol. The smallest absolute Gasteiger partial charge is 0.274 e. The van der Waals surface area contributed by atoms with E-state index in [0.29, 0.717) is 31.6 Å². The van der Waals surface area contributed by atoms with Gasteiger partial charge < -0.3 is 15.0 Å². The Morgan fingerprint density at radius 1 is 1.15 bits per heavy atom. The first-order valence-corrected chi connectivity index (χ1v) is 11.3. The van der Waals surface area contributed by atoms with Crippen molar-refractivity contribution in [3.05, 3.63) is 76.6 Å². The Hall–Kier alpha value is -3.61. The molecule has 33 heavy (non-hydrogen) atoms. The molecule has 2 aromatic carbocycles. The van der Waals surface area contributed by atoms with Gasteiger partial charge in [0.15, 0.2) is 0 Å². The van der Waals surface area contributed by atoms with E-state index in [2.05, 4.69) is 29.4 Å². The number of benzene rings is 2. The number of para-hydroxylation sites is 1. The fraction of sp³-hybridized carbons (Fsp3) is 0.346. The van der Waals surface area contributed by atoms with Gasteiger partial charge in [0.25, 0.3) is 5.91 Å². The van der Waals surface area contributed by atoms with E-state index in [4.69, 9.17) is 4.74 Å². The number of anilines is 1. The molecule has 0 fully saturated rings. The van der Waals surface area contributed by atoms with E-state index >= 15 is 0 Å². The van der Waals surface area contributed by atoms with E-state index in [-0.39, 0.29) is 17.7 Å². The Kier molecular flexibility index (Phi) is 6.77. The van der Waals surface area contributed by atoms with Crippen LogP contribution in [0.15, 0.2) is 48.5 Å². The third-order valence-electron chi connectivity index (χ3n) is 6.04. The van der Waals surface area contributed by atoms with Crippen LogP contribution in [-0.2, 0) is 24.2 Å². The number of fused-ring (bicyclic) bond motifs is 1. The number of hydrogen-bond acceptors (Lipinski definition) is 4. The number of hydrogen-bond donors (Lipinski definition) is 2. The van der Waals surface area contributed by atoms with Crippen molar-refractivity contribution in [1.29, 1.82) is 0 Å². The highest BCUT2D eigenvalue weighted by Crippen LogP contribution is 2.25. The number of aromatic amines is 1. The Labute approximate surface area is 194 Å². The predicted octanol–water partition coefficient (Wildman–Crippen LogP) is 4.31. The SMILES string of the molecule is COc1ccccc1CCC(=O)Nc1ccc2c(c1)CN(C(=O)c1cc(C(C)C)[nH]n1)CC2. The number of amides is 2. The minimum Gasteiger partial charge on any atom is -0.496 e. The van der Waals surface area contributed by atoms with Crippen molar-refractivity contribution in [2.45, 2.75) is 45.6 Å². The van der Waals surface area contributed by atoms with Gasteiger partial charge in [0.1, 0.15) is 11.4 Å². The molecular formula is C26H30N4O3. The summed E-state index contributed by atoms with van der Waals surface area (Å²) < 4.78 is 5.36. The van der Waals surface area contributed by atoms with Crippen LogP contribution in [0.3, 0.4) is 0 Å². The summed E-state index contributed by atoms with van der Waals surface area (Å²) in [6, 6.07) is 15.5. The Morgan fingerprint density at radius 3 is 2.73 bits per heavy atom. The van der Waals surface area contributed by atoms with Gasteiger partial charge in [-0.25, -0.2) is 0 Å². The minimum atomic E-state index is -0.0740. The number of aromatic nitrogens is 2. The van der Waals surface area contributed by atoms with Crippen LogP contribution < -0.4 is 10.1 Å². The topological polar surface area (TPSA) is 87.3 Å². The molecule has 1 aliphatic rings. The van der Waals surface area contributed by atoms with Gasteiger partial charge in [-0.05, 0) is 59.7 Å². The van der Waals surface area contributed by atoms with Crippen LogP contribution in [0.2, 0.25) is 0 Å². The lowest BCUT2D eigenvalue weighted by Crippen LogP contribution is -2.36. The maximum atomic E-state index is 12.9. The van der Waals surface area contributed by atoms with Crippen LogP contribution in [0.5, 0.6) is 5.75 Å². The van der Waals surface area contributed by atoms with E-state index in [0.717, 1.165) is 34.7 Å². The molecule has 2 N–H and O–H groups in total. The van der Waals surface area contributed by atoms with E-state index < -0.39 is 0 Å². The van der Waals surface area contributed by atoms with Crippen molar-refractivity contribution in [2.24, 2.45) is 0 Å². The molecule has 0 bridgehead atoms. The number of carbonyl (C=O) groups is 2. The fourth-order valence-corrected chi connectivity index (χ4v) is 4.09. The van der Waals surface area contributed by atoms with E-state index in [1.807, 2.05) is 53.4 Å². The lowest BCUT2D eigenvalue weighted by atomic mass is 9.98. The van der Waals surface area contributed by atoms with Crippen LogP contribution in [0.1, 0.15) is 59.1 Å². The summed E-state index contributed by atoms with van der Waals surface area (Å²) in [5.74, 6) is 0.953. The fourth-order valence-electron chi connectivity index (χ4n) is 4.09. The molecule has 0 atom stereocenters. The summed E-state index contributed by atoms with van der Waals surface area (Å²) in [6.07, 6.45) is 1.75. The van der Waals surface area contributed by atoms with Crippen molar-refractivity contribution >= 4 is 17.5 Å². The zero-order valence-electron chi connectivity index (χ0n) is 19.4. The number of H-pyrrole nitrogens is 1. The zero-order chi connectivity index (χ0) is 23.4. The van der Waals surface area contributed by atoms with Gasteiger partial charge in [-0.2, -0.15) is 5.10 Å². The standard InChI is InChI=1S/C26H30N4O3/c1-17(2)22-15-23(29-28-22)26(32)30-13-12-18-8-10-21(14-20(18)16-30)27-25(31)11-9-19-6-4-5-7-24(19)33-3/h4-8,10,14-15,17H,9,11-13,16H2,1-3H3,(H,27,31)(H,28,29). The molecule has 2 heterocycles. The summed E-state index contributed by atoms with van der Waals surface area (Å²) in [5.41, 5.74) is 5.41. The maximum absolute atomic E-state index is 12.9. The molecule has 7 nitrogen and oxygen atoms in total. The van der Waals surface area contributed by atoms with Crippen molar-refractivity contribution < 1.29 is 14.3 Å². The maximum Gasteiger partial charge on any atom is 0.274 e. The first-order chi connectivity index (χ1) is 15.9.